The van der Waals surface area contributed by atoms with Crippen LogP contribution in [0, 0.1) is 6.92 Å². The number of hydrogen-bond acceptors (Lipinski definition) is 3. The van der Waals surface area contributed by atoms with Crippen molar-refractivity contribution in [3.8, 4) is 0 Å². The minimum atomic E-state index is -1.10. The highest BCUT2D eigenvalue weighted by atomic mass is 16.4. The molecular formula is C22H26N2O4. The van der Waals surface area contributed by atoms with Gasteiger partial charge in [0.1, 0.15) is 6.04 Å². The fourth-order valence-electron chi connectivity index (χ4n) is 2.82. The van der Waals surface area contributed by atoms with E-state index in [1.165, 1.54) is 12.5 Å². The number of benzene rings is 2. The van der Waals surface area contributed by atoms with Gasteiger partial charge in [-0.25, -0.2) is 0 Å². The molecule has 0 heterocycles. The smallest absolute Gasteiger partial charge is 0.325 e. The number of carbonyl (C=O) groups is 3. The van der Waals surface area contributed by atoms with E-state index >= 15 is 0 Å². The molecule has 28 heavy (non-hydrogen) atoms. The minimum Gasteiger partial charge on any atom is -0.480 e. The lowest BCUT2D eigenvalue weighted by atomic mass is 9.92. The molecule has 0 aliphatic heterocycles. The first-order valence-electron chi connectivity index (χ1n) is 9.30. The van der Waals surface area contributed by atoms with Gasteiger partial charge in [0.25, 0.3) is 5.91 Å². The van der Waals surface area contributed by atoms with Crippen LogP contribution in [0.15, 0.2) is 48.5 Å². The van der Waals surface area contributed by atoms with Crippen LogP contribution in [-0.4, -0.2) is 28.9 Å². The average molecular weight is 382 g/mol. The summed E-state index contributed by atoms with van der Waals surface area (Å²) in [4.78, 5) is 35.2. The van der Waals surface area contributed by atoms with E-state index in [9.17, 15) is 14.4 Å². The van der Waals surface area contributed by atoms with Gasteiger partial charge in [0.05, 0.1) is 0 Å². The number of aliphatic carboxylic acids is 1. The Balaban J connectivity index is 1.95. The van der Waals surface area contributed by atoms with Crippen LogP contribution in [0.4, 0.5) is 5.69 Å². The van der Waals surface area contributed by atoms with Crippen molar-refractivity contribution in [3.63, 3.8) is 0 Å². The Morgan fingerprint density at radius 3 is 2.14 bits per heavy atom. The van der Waals surface area contributed by atoms with Crippen LogP contribution in [0.2, 0.25) is 0 Å². The standard InChI is InChI=1S/C22H26N2O4/c1-4-16(17-7-5-14(2)6-8-17)13-20(25)24-19-11-9-18(10-12-19)21(26)23-15(3)22(27)28/h5-12,15-16H,4,13H2,1-3H3,(H,23,26)(H,24,25)(H,27,28). The molecule has 0 saturated carbocycles. The van der Waals surface area contributed by atoms with Crippen molar-refractivity contribution >= 4 is 23.5 Å². The van der Waals surface area contributed by atoms with Crippen molar-refractivity contribution < 1.29 is 19.5 Å². The molecule has 6 heteroatoms. The van der Waals surface area contributed by atoms with Gasteiger partial charge in [-0.15, -0.1) is 0 Å². The lowest BCUT2D eigenvalue weighted by molar-refractivity contribution is -0.138. The first-order valence-corrected chi connectivity index (χ1v) is 9.30. The third-order valence-corrected chi connectivity index (χ3v) is 4.62. The van der Waals surface area contributed by atoms with Crippen LogP contribution in [0.5, 0.6) is 0 Å². The van der Waals surface area contributed by atoms with Gasteiger partial charge in [-0.2, -0.15) is 0 Å². The molecule has 0 bridgehead atoms. The second kappa shape index (κ2) is 9.69. The lowest BCUT2D eigenvalue weighted by Gasteiger charge is -2.16. The Labute approximate surface area is 165 Å². The number of hydrogen-bond donors (Lipinski definition) is 3. The van der Waals surface area contributed by atoms with Crippen LogP contribution in [-0.2, 0) is 9.59 Å². The van der Waals surface area contributed by atoms with E-state index in [0.29, 0.717) is 17.7 Å². The highest BCUT2D eigenvalue weighted by Gasteiger charge is 2.16. The molecule has 3 N–H and O–H groups in total. The van der Waals surface area contributed by atoms with Crippen molar-refractivity contribution in [2.45, 2.75) is 45.6 Å². The summed E-state index contributed by atoms with van der Waals surface area (Å²) < 4.78 is 0. The molecule has 6 nitrogen and oxygen atoms in total. The Morgan fingerprint density at radius 2 is 1.61 bits per heavy atom. The minimum absolute atomic E-state index is 0.0934. The predicted octanol–water partition coefficient (Wildman–Crippen LogP) is 3.72. The van der Waals surface area contributed by atoms with Gasteiger partial charge in [0.2, 0.25) is 5.91 Å². The van der Waals surface area contributed by atoms with Gasteiger partial charge in [-0.05, 0) is 56.0 Å². The maximum absolute atomic E-state index is 12.4. The second-order valence-corrected chi connectivity index (χ2v) is 6.88. The van der Waals surface area contributed by atoms with Gasteiger partial charge in [-0.3, -0.25) is 14.4 Å². The quantitative estimate of drug-likeness (QED) is 0.648. The highest BCUT2D eigenvalue weighted by Crippen LogP contribution is 2.24. The van der Waals surface area contributed by atoms with Crippen LogP contribution in [0.25, 0.3) is 0 Å². The van der Waals surface area contributed by atoms with E-state index in [1.807, 2.05) is 19.1 Å². The van der Waals surface area contributed by atoms with Crippen LogP contribution in [0.3, 0.4) is 0 Å². The summed E-state index contributed by atoms with van der Waals surface area (Å²) in [6.07, 6.45) is 1.23. The number of aryl methyl sites for hydroxylation is 1. The van der Waals surface area contributed by atoms with Crippen molar-refractivity contribution in [2.24, 2.45) is 0 Å². The number of nitrogens with one attached hydrogen (secondary N) is 2. The van der Waals surface area contributed by atoms with Gasteiger partial charge in [-0.1, -0.05) is 36.8 Å². The Bertz CT molecular complexity index is 829. The zero-order valence-corrected chi connectivity index (χ0v) is 16.4. The predicted molar refractivity (Wildman–Crippen MR) is 108 cm³/mol. The molecule has 2 aromatic rings. The van der Waals surface area contributed by atoms with Crippen molar-refractivity contribution in [1.82, 2.24) is 5.32 Å². The molecule has 0 aliphatic carbocycles. The lowest BCUT2D eigenvalue weighted by Crippen LogP contribution is -2.38. The molecule has 2 atom stereocenters. The normalized spacial score (nSPS) is 12.7. The zero-order chi connectivity index (χ0) is 20.7. The van der Waals surface area contributed by atoms with Crippen LogP contribution < -0.4 is 10.6 Å². The first kappa shape index (κ1) is 21.2. The van der Waals surface area contributed by atoms with E-state index in [-0.39, 0.29) is 11.8 Å². The third-order valence-electron chi connectivity index (χ3n) is 4.62. The molecule has 0 spiro atoms. The second-order valence-electron chi connectivity index (χ2n) is 6.88. The van der Waals surface area contributed by atoms with Crippen molar-refractivity contribution in [3.05, 3.63) is 65.2 Å². The number of rotatable bonds is 8. The van der Waals surface area contributed by atoms with Crippen molar-refractivity contribution in [1.29, 1.82) is 0 Å². The molecule has 0 aromatic heterocycles. The van der Waals surface area contributed by atoms with E-state index in [1.54, 1.807) is 24.3 Å². The Hall–Kier alpha value is -3.15. The topological polar surface area (TPSA) is 95.5 Å². The summed E-state index contributed by atoms with van der Waals surface area (Å²) in [6.45, 7) is 5.49. The Morgan fingerprint density at radius 1 is 1.00 bits per heavy atom. The summed E-state index contributed by atoms with van der Waals surface area (Å²) in [5.41, 5.74) is 3.25. The molecule has 0 saturated heterocycles. The monoisotopic (exact) mass is 382 g/mol. The number of carboxylic acids is 1. The summed E-state index contributed by atoms with van der Waals surface area (Å²) >= 11 is 0. The van der Waals surface area contributed by atoms with Crippen molar-refractivity contribution in [2.75, 3.05) is 5.32 Å². The fourth-order valence-corrected chi connectivity index (χ4v) is 2.82. The maximum atomic E-state index is 12.4. The summed E-state index contributed by atoms with van der Waals surface area (Å²) in [5.74, 6) is -1.53. The zero-order valence-electron chi connectivity index (χ0n) is 16.4. The number of amides is 2. The summed E-state index contributed by atoms with van der Waals surface area (Å²) in [5, 5.41) is 14.1. The van der Waals surface area contributed by atoms with E-state index in [4.69, 9.17) is 5.11 Å². The molecule has 0 radical (unpaired) electrons. The van der Waals surface area contributed by atoms with Gasteiger partial charge in [0.15, 0.2) is 0 Å². The summed E-state index contributed by atoms with van der Waals surface area (Å²) in [6, 6.07) is 13.6. The van der Waals surface area contributed by atoms with Gasteiger partial charge < -0.3 is 15.7 Å². The molecule has 2 rings (SSSR count). The molecule has 0 fully saturated rings. The third kappa shape index (κ3) is 5.94. The van der Waals surface area contributed by atoms with E-state index in [2.05, 4.69) is 29.7 Å². The molecule has 2 aromatic carbocycles. The van der Waals surface area contributed by atoms with Gasteiger partial charge in [0, 0.05) is 17.7 Å². The van der Waals surface area contributed by atoms with Gasteiger partial charge >= 0.3 is 5.97 Å². The van der Waals surface area contributed by atoms with Crippen LogP contribution >= 0.6 is 0 Å². The Kier molecular flexibility index (Phi) is 7.32. The number of carbonyl (C=O) groups excluding carboxylic acids is 2. The molecule has 0 aliphatic rings. The summed E-state index contributed by atoms with van der Waals surface area (Å²) in [7, 11) is 0. The molecule has 2 unspecified atom stereocenters. The molecule has 2 amide bonds. The SMILES string of the molecule is CCC(CC(=O)Nc1ccc(C(=O)NC(C)C(=O)O)cc1)c1ccc(C)cc1. The molecule has 148 valence electrons. The first-order chi connectivity index (χ1) is 13.3. The van der Waals surface area contributed by atoms with Crippen LogP contribution in [0.1, 0.15) is 54.1 Å². The largest absolute Gasteiger partial charge is 0.480 e. The van der Waals surface area contributed by atoms with E-state index < -0.39 is 17.9 Å². The average Bonchev–Trinajstić information content (AvgIpc) is 2.67. The highest BCUT2D eigenvalue weighted by molar-refractivity contribution is 5.97. The fraction of sp³-hybridized carbons (Fsp3) is 0.318. The maximum Gasteiger partial charge on any atom is 0.325 e. The number of anilines is 1. The van der Waals surface area contributed by atoms with E-state index in [0.717, 1.165) is 12.0 Å². The molecular weight excluding hydrogens is 356 g/mol. The number of carboxylic acid groups (broad SMARTS) is 1.